The van der Waals surface area contributed by atoms with Gasteiger partial charge in [-0.2, -0.15) is 0 Å². The molecule has 1 amide bonds. The lowest BCUT2D eigenvalue weighted by molar-refractivity contribution is -0.113. The Labute approximate surface area is 183 Å². The Morgan fingerprint density at radius 1 is 1.17 bits per heavy atom. The van der Waals surface area contributed by atoms with Crippen LogP contribution in [0.1, 0.15) is 11.3 Å². The largest absolute Gasteiger partial charge is 0.360 e. The minimum atomic E-state index is -0.189. The van der Waals surface area contributed by atoms with Crippen LogP contribution in [-0.2, 0) is 4.79 Å². The number of amides is 1. The van der Waals surface area contributed by atoms with Crippen molar-refractivity contribution in [2.45, 2.75) is 19.0 Å². The maximum absolute atomic E-state index is 12.3. The van der Waals surface area contributed by atoms with Gasteiger partial charge in [-0.15, -0.1) is 0 Å². The van der Waals surface area contributed by atoms with Crippen LogP contribution >= 0.6 is 23.4 Å². The summed E-state index contributed by atoms with van der Waals surface area (Å²) in [7, 11) is 0. The molecule has 0 spiro atoms. The molecular weight excluding hydrogens is 420 g/mol. The number of anilines is 1. The molecule has 0 saturated heterocycles. The van der Waals surface area contributed by atoms with Crippen LogP contribution in [0.2, 0.25) is 5.02 Å². The monoisotopic (exact) mass is 438 g/mol. The summed E-state index contributed by atoms with van der Waals surface area (Å²) in [5, 5.41) is 7.83. The molecule has 0 fully saturated rings. The second-order valence-electron chi connectivity index (χ2n) is 6.77. The van der Waals surface area contributed by atoms with Gasteiger partial charge in [-0.25, -0.2) is 4.98 Å². The van der Waals surface area contributed by atoms with Gasteiger partial charge in [0, 0.05) is 22.3 Å². The number of thioether (sulfide) groups is 1. The first-order chi connectivity index (χ1) is 14.5. The van der Waals surface area contributed by atoms with Crippen LogP contribution in [0.4, 0.5) is 5.82 Å². The Balaban J connectivity index is 1.62. The van der Waals surface area contributed by atoms with Crippen LogP contribution in [0.5, 0.6) is 0 Å². The second-order valence-corrected chi connectivity index (χ2v) is 8.15. The number of imidazole rings is 1. The molecule has 0 saturated carbocycles. The van der Waals surface area contributed by atoms with E-state index in [2.05, 4.69) is 39.7 Å². The maximum atomic E-state index is 12.3. The lowest BCUT2D eigenvalue weighted by atomic mass is 10.1. The second kappa shape index (κ2) is 8.77. The number of aryl methyl sites for hydroxylation is 2. The van der Waals surface area contributed by atoms with Crippen LogP contribution in [-0.4, -0.2) is 26.4 Å². The summed E-state index contributed by atoms with van der Waals surface area (Å²) in [6.07, 6.45) is 1.81. The highest BCUT2D eigenvalue weighted by molar-refractivity contribution is 7.99. The van der Waals surface area contributed by atoms with Crippen LogP contribution in [0.25, 0.3) is 16.9 Å². The van der Waals surface area contributed by atoms with Gasteiger partial charge in [-0.1, -0.05) is 64.4 Å². The number of carbonyl (C=O) groups is 1. The molecule has 0 unspecified atom stereocenters. The molecule has 152 valence electrons. The fourth-order valence-corrected chi connectivity index (χ4v) is 3.94. The highest BCUT2D eigenvalue weighted by atomic mass is 35.5. The van der Waals surface area contributed by atoms with E-state index in [1.807, 2.05) is 42.0 Å². The van der Waals surface area contributed by atoms with Crippen molar-refractivity contribution in [3.63, 3.8) is 0 Å². The number of hydrogen-bond donors (Lipinski definition) is 1. The Morgan fingerprint density at radius 3 is 2.67 bits per heavy atom. The molecule has 30 heavy (non-hydrogen) atoms. The van der Waals surface area contributed by atoms with Crippen molar-refractivity contribution in [3.8, 4) is 16.9 Å². The average Bonchev–Trinajstić information content (AvgIpc) is 3.33. The summed E-state index contributed by atoms with van der Waals surface area (Å²) in [6, 6.07) is 17.5. The number of aromatic nitrogens is 3. The third-order valence-corrected chi connectivity index (χ3v) is 5.56. The van der Waals surface area contributed by atoms with E-state index in [1.165, 1.54) is 17.3 Å². The number of nitrogens with zero attached hydrogens (tertiary/aromatic N) is 3. The first kappa shape index (κ1) is 20.3. The summed E-state index contributed by atoms with van der Waals surface area (Å²) >= 11 is 7.57. The van der Waals surface area contributed by atoms with Crippen LogP contribution in [0.15, 0.2) is 70.5 Å². The highest BCUT2D eigenvalue weighted by Crippen LogP contribution is 2.31. The van der Waals surface area contributed by atoms with Crippen molar-refractivity contribution in [2.75, 3.05) is 11.1 Å². The lowest BCUT2D eigenvalue weighted by Gasteiger charge is -2.12. The highest BCUT2D eigenvalue weighted by Gasteiger charge is 2.16. The molecule has 0 radical (unpaired) electrons. The molecule has 0 atom stereocenters. The van der Waals surface area contributed by atoms with Crippen LogP contribution in [0.3, 0.4) is 0 Å². The minimum Gasteiger partial charge on any atom is -0.360 e. The normalized spacial score (nSPS) is 10.9. The van der Waals surface area contributed by atoms with Gasteiger partial charge in [0.1, 0.15) is 5.76 Å². The predicted molar refractivity (Wildman–Crippen MR) is 119 cm³/mol. The zero-order valence-corrected chi connectivity index (χ0v) is 18.0. The van der Waals surface area contributed by atoms with E-state index < -0.39 is 0 Å². The molecule has 6 nitrogen and oxygen atoms in total. The van der Waals surface area contributed by atoms with Crippen molar-refractivity contribution < 1.29 is 9.32 Å². The molecule has 4 rings (SSSR count). The zero-order chi connectivity index (χ0) is 21.1. The van der Waals surface area contributed by atoms with E-state index in [0.29, 0.717) is 21.8 Å². The predicted octanol–water partition coefficient (Wildman–Crippen LogP) is 5.53. The molecule has 0 aliphatic heterocycles. The first-order valence-electron chi connectivity index (χ1n) is 9.26. The molecule has 2 aromatic heterocycles. The Morgan fingerprint density at radius 2 is 1.97 bits per heavy atom. The van der Waals surface area contributed by atoms with Gasteiger partial charge in [0.25, 0.3) is 0 Å². The summed E-state index contributed by atoms with van der Waals surface area (Å²) in [5.41, 5.74) is 4.02. The Hall–Kier alpha value is -3.03. The Bertz CT molecular complexity index is 1180. The third-order valence-electron chi connectivity index (χ3n) is 4.37. The molecule has 0 bridgehead atoms. The average molecular weight is 439 g/mol. The van der Waals surface area contributed by atoms with Crippen molar-refractivity contribution in [3.05, 3.63) is 77.1 Å². The number of carbonyl (C=O) groups excluding carboxylic acids is 1. The van der Waals surface area contributed by atoms with E-state index in [0.717, 1.165) is 16.9 Å². The number of halogens is 1. The smallest absolute Gasteiger partial charge is 0.236 e. The molecule has 0 aliphatic rings. The molecule has 1 N–H and O–H groups in total. The van der Waals surface area contributed by atoms with Crippen molar-refractivity contribution in [2.24, 2.45) is 0 Å². The van der Waals surface area contributed by atoms with Crippen molar-refractivity contribution >= 4 is 35.1 Å². The van der Waals surface area contributed by atoms with Crippen molar-refractivity contribution in [1.29, 1.82) is 0 Å². The summed E-state index contributed by atoms with van der Waals surface area (Å²) in [5.74, 6) is 1.02. The summed E-state index contributed by atoms with van der Waals surface area (Å²) < 4.78 is 6.99. The van der Waals surface area contributed by atoms with Gasteiger partial charge in [-0.3, -0.25) is 9.36 Å². The van der Waals surface area contributed by atoms with E-state index in [-0.39, 0.29) is 11.7 Å². The van der Waals surface area contributed by atoms with E-state index in [1.54, 1.807) is 13.0 Å². The quantitative estimate of drug-likeness (QED) is 0.401. The molecule has 0 aliphatic carbocycles. The number of hydrogen-bond acceptors (Lipinski definition) is 5. The lowest BCUT2D eigenvalue weighted by Crippen LogP contribution is -2.14. The number of benzene rings is 2. The van der Waals surface area contributed by atoms with Gasteiger partial charge < -0.3 is 9.84 Å². The minimum absolute atomic E-state index is 0.177. The van der Waals surface area contributed by atoms with E-state index in [4.69, 9.17) is 16.1 Å². The standard InChI is InChI=1S/C22H19ClN4O2S/c1-14-6-8-16(9-7-14)19-12-24-22(27(19)18-5-3-4-17(23)11-18)30-13-21(28)25-20-10-15(2)29-26-20/h3-12H,13H2,1-2H3,(H,25,26,28). The summed E-state index contributed by atoms with van der Waals surface area (Å²) in [6.45, 7) is 3.82. The Kier molecular flexibility index (Phi) is 5.92. The third kappa shape index (κ3) is 4.58. The van der Waals surface area contributed by atoms with Gasteiger partial charge in [-0.05, 0) is 32.0 Å². The SMILES string of the molecule is Cc1ccc(-c2cnc(SCC(=O)Nc3cc(C)on3)n2-c2cccc(Cl)c2)cc1. The zero-order valence-electron chi connectivity index (χ0n) is 16.4. The maximum Gasteiger partial charge on any atom is 0.236 e. The molecular formula is C22H19ClN4O2S. The van der Waals surface area contributed by atoms with Crippen LogP contribution < -0.4 is 5.32 Å². The van der Waals surface area contributed by atoms with Gasteiger partial charge in [0.15, 0.2) is 11.0 Å². The van der Waals surface area contributed by atoms with Gasteiger partial charge >= 0.3 is 0 Å². The topological polar surface area (TPSA) is 73.0 Å². The number of nitrogens with one attached hydrogen (secondary N) is 1. The van der Waals surface area contributed by atoms with E-state index in [9.17, 15) is 4.79 Å². The molecule has 4 aromatic rings. The van der Waals surface area contributed by atoms with Gasteiger partial charge in [0.2, 0.25) is 5.91 Å². The number of rotatable bonds is 6. The molecule has 2 aromatic carbocycles. The van der Waals surface area contributed by atoms with E-state index >= 15 is 0 Å². The van der Waals surface area contributed by atoms with Crippen molar-refractivity contribution in [1.82, 2.24) is 14.7 Å². The van der Waals surface area contributed by atoms with Gasteiger partial charge in [0.05, 0.1) is 17.6 Å². The first-order valence-corrected chi connectivity index (χ1v) is 10.6. The molecule has 8 heteroatoms. The summed E-state index contributed by atoms with van der Waals surface area (Å²) in [4.78, 5) is 16.9. The fourth-order valence-electron chi connectivity index (χ4n) is 2.96. The fraction of sp³-hybridized carbons (Fsp3) is 0.136. The van der Waals surface area contributed by atoms with Crippen LogP contribution in [0, 0.1) is 13.8 Å². The molecule has 2 heterocycles.